The van der Waals surface area contributed by atoms with Crippen LogP contribution in [0, 0.1) is 0 Å². The average Bonchev–Trinajstić information content (AvgIpc) is 2.68. The molecular weight excluding hydrogens is 380 g/mol. The van der Waals surface area contributed by atoms with Crippen molar-refractivity contribution in [2.45, 2.75) is 5.16 Å². The largest absolute Gasteiger partial charge is 0.465 e. The molecule has 3 N–H and O–H groups in total. The van der Waals surface area contributed by atoms with E-state index in [0.717, 1.165) is 0 Å². The van der Waals surface area contributed by atoms with Gasteiger partial charge in [0.2, 0.25) is 5.88 Å². The van der Waals surface area contributed by atoms with Crippen molar-refractivity contribution in [1.82, 2.24) is 9.97 Å². The molecular formula is C19H16N4O4S. The molecule has 0 aliphatic rings. The Balaban J connectivity index is 1.89. The topological polar surface area (TPSA) is 113 Å². The molecule has 0 radical (unpaired) electrons. The number of nitrogens with zero attached hydrogens (tertiary/aromatic N) is 2. The van der Waals surface area contributed by atoms with Crippen LogP contribution in [0.3, 0.4) is 0 Å². The number of anilines is 2. The Kier molecular flexibility index (Phi) is 6.07. The number of amides is 2. The Morgan fingerprint density at radius 3 is 2.50 bits per heavy atom. The molecule has 0 fully saturated rings. The first-order chi connectivity index (χ1) is 13.5. The number of hydrogen-bond donors (Lipinski definition) is 3. The molecule has 0 aliphatic carbocycles. The van der Waals surface area contributed by atoms with Crippen LogP contribution in [0.1, 0.15) is 10.4 Å². The Morgan fingerprint density at radius 1 is 1.04 bits per heavy atom. The zero-order valence-corrected chi connectivity index (χ0v) is 15.6. The van der Waals surface area contributed by atoms with Gasteiger partial charge in [0, 0.05) is 23.6 Å². The molecule has 0 aliphatic heterocycles. The van der Waals surface area contributed by atoms with Crippen molar-refractivity contribution in [2.24, 2.45) is 0 Å². The van der Waals surface area contributed by atoms with Gasteiger partial charge in [-0.3, -0.25) is 10.1 Å². The molecule has 0 saturated carbocycles. The normalized spacial score (nSPS) is 10.2. The van der Waals surface area contributed by atoms with Crippen LogP contribution < -0.4 is 15.4 Å². The predicted octanol–water partition coefficient (Wildman–Crippen LogP) is 4.33. The van der Waals surface area contributed by atoms with E-state index in [9.17, 15) is 9.59 Å². The summed E-state index contributed by atoms with van der Waals surface area (Å²) in [6.45, 7) is 0. The number of nitrogens with one attached hydrogen (secondary N) is 2. The number of carbonyl (C=O) groups is 2. The van der Waals surface area contributed by atoms with E-state index in [1.165, 1.54) is 24.0 Å². The predicted molar refractivity (Wildman–Crippen MR) is 106 cm³/mol. The van der Waals surface area contributed by atoms with Gasteiger partial charge in [0.15, 0.2) is 5.16 Å². The summed E-state index contributed by atoms with van der Waals surface area (Å²) in [6, 6.07) is 15.3. The Morgan fingerprint density at radius 2 is 1.79 bits per heavy atom. The van der Waals surface area contributed by atoms with Gasteiger partial charge < -0.3 is 15.2 Å². The number of aromatic nitrogens is 2. The van der Waals surface area contributed by atoms with Gasteiger partial charge >= 0.3 is 6.09 Å². The second-order valence-corrected chi connectivity index (χ2v) is 6.23. The molecule has 8 nitrogen and oxygen atoms in total. The summed E-state index contributed by atoms with van der Waals surface area (Å²) < 4.78 is 5.77. The van der Waals surface area contributed by atoms with Gasteiger partial charge in [-0.05, 0) is 30.5 Å². The Hall–Kier alpha value is -3.59. The molecule has 2 aromatic carbocycles. The lowest BCUT2D eigenvalue weighted by molar-refractivity contribution is 0.102. The first-order valence-electron chi connectivity index (χ1n) is 8.10. The molecule has 1 heterocycles. The smallest absolute Gasteiger partial charge is 0.409 e. The fourth-order valence-electron chi connectivity index (χ4n) is 2.28. The fourth-order valence-corrected chi connectivity index (χ4v) is 2.61. The molecule has 0 bridgehead atoms. The summed E-state index contributed by atoms with van der Waals surface area (Å²) in [5.74, 6) is -0.0281. The van der Waals surface area contributed by atoms with Crippen LogP contribution >= 0.6 is 11.8 Å². The summed E-state index contributed by atoms with van der Waals surface area (Å²) in [5, 5.41) is 14.3. The van der Waals surface area contributed by atoms with Crippen LogP contribution in [0.25, 0.3) is 0 Å². The molecule has 0 unspecified atom stereocenters. The minimum Gasteiger partial charge on any atom is -0.465 e. The van der Waals surface area contributed by atoms with Gasteiger partial charge in [0.25, 0.3) is 5.91 Å². The van der Waals surface area contributed by atoms with Crippen molar-refractivity contribution in [3.8, 4) is 11.6 Å². The van der Waals surface area contributed by atoms with E-state index < -0.39 is 12.0 Å². The first kappa shape index (κ1) is 19.2. The van der Waals surface area contributed by atoms with Crippen molar-refractivity contribution in [3.63, 3.8) is 0 Å². The molecule has 0 saturated heterocycles. The van der Waals surface area contributed by atoms with Gasteiger partial charge in [-0.15, -0.1) is 0 Å². The molecule has 2 amide bonds. The zero-order valence-electron chi connectivity index (χ0n) is 14.7. The number of carbonyl (C=O) groups excluding carboxylic acids is 1. The monoisotopic (exact) mass is 396 g/mol. The highest BCUT2D eigenvalue weighted by Gasteiger charge is 2.17. The van der Waals surface area contributed by atoms with E-state index in [0.29, 0.717) is 22.3 Å². The second-order valence-electron chi connectivity index (χ2n) is 5.46. The summed E-state index contributed by atoms with van der Waals surface area (Å²) in [7, 11) is 0. The van der Waals surface area contributed by atoms with Gasteiger partial charge in [0.1, 0.15) is 11.3 Å². The first-order valence-corrected chi connectivity index (χ1v) is 9.33. The molecule has 142 valence electrons. The van der Waals surface area contributed by atoms with Crippen LogP contribution in [-0.4, -0.2) is 33.3 Å². The third-order valence-electron chi connectivity index (χ3n) is 3.49. The third kappa shape index (κ3) is 4.98. The van der Waals surface area contributed by atoms with Gasteiger partial charge in [0.05, 0.1) is 0 Å². The number of benzene rings is 2. The van der Waals surface area contributed by atoms with E-state index in [1.807, 2.05) is 6.07 Å². The number of carboxylic acid groups (broad SMARTS) is 1. The number of para-hydroxylation sites is 1. The lowest BCUT2D eigenvalue weighted by Crippen LogP contribution is -2.14. The van der Waals surface area contributed by atoms with E-state index >= 15 is 0 Å². The minimum atomic E-state index is -1.19. The molecule has 9 heteroatoms. The van der Waals surface area contributed by atoms with Crippen LogP contribution in [0.4, 0.5) is 16.2 Å². The lowest BCUT2D eigenvalue weighted by atomic mass is 10.2. The van der Waals surface area contributed by atoms with Crippen LogP contribution in [-0.2, 0) is 0 Å². The minimum absolute atomic E-state index is 0.0697. The fraction of sp³-hybridized carbons (Fsp3) is 0.0526. The molecule has 0 atom stereocenters. The van der Waals surface area contributed by atoms with Crippen molar-refractivity contribution in [3.05, 3.63) is 66.4 Å². The van der Waals surface area contributed by atoms with Crippen molar-refractivity contribution in [2.75, 3.05) is 16.9 Å². The van der Waals surface area contributed by atoms with Crippen LogP contribution in [0.2, 0.25) is 0 Å². The van der Waals surface area contributed by atoms with E-state index in [-0.39, 0.29) is 11.4 Å². The molecule has 28 heavy (non-hydrogen) atoms. The molecule has 3 rings (SSSR count). The summed E-state index contributed by atoms with van der Waals surface area (Å²) >= 11 is 1.31. The highest BCUT2D eigenvalue weighted by Crippen LogP contribution is 2.27. The highest BCUT2D eigenvalue weighted by molar-refractivity contribution is 7.98. The standard InChI is InChI=1S/C19H16N4O4S/c1-28-18-20-11-15(16(24)21-12-6-3-2-4-7-12)17(23-18)27-14-9-5-8-13(10-14)22-19(25)26/h2-11,22H,1H3,(H,21,24)(H,25,26). The average molecular weight is 396 g/mol. The maximum atomic E-state index is 12.7. The number of hydrogen-bond acceptors (Lipinski definition) is 6. The Bertz CT molecular complexity index is 998. The van der Waals surface area contributed by atoms with E-state index in [2.05, 4.69) is 20.6 Å². The number of ether oxygens (including phenoxy) is 1. The summed E-state index contributed by atoms with van der Waals surface area (Å²) in [4.78, 5) is 31.9. The maximum Gasteiger partial charge on any atom is 0.409 e. The lowest BCUT2D eigenvalue weighted by Gasteiger charge is -2.12. The van der Waals surface area contributed by atoms with Crippen molar-refractivity contribution < 1.29 is 19.4 Å². The van der Waals surface area contributed by atoms with E-state index in [1.54, 1.807) is 48.7 Å². The van der Waals surface area contributed by atoms with Crippen LogP contribution in [0.15, 0.2) is 66.0 Å². The summed E-state index contributed by atoms with van der Waals surface area (Å²) in [6.07, 6.45) is 2.01. The molecule has 3 aromatic rings. The van der Waals surface area contributed by atoms with Gasteiger partial charge in [-0.2, -0.15) is 4.98 Å². The number of rotatable bonds is 6. The molecule has 0 spiro atoms. The molecule has 1 aromatic heterocycles. The highest BCUT2D eigenvalue weighted by atomic mass is 32.2. The Labute approximate surface area is 165 Å². The quantitative estimate of drug-likeness (QED) is 0.420. The summed E-state index contributed by atoms with van der Waals surface area (Å²) in [5.41, 5.74) is 1.11. The van der Waals surface area contributed by atoms with Gasteiger partial charge in [-0.1, -0.05) is 36.0 Å². The maximum absolute atomic E-state index is 12.7. The van der Waals surface area contributed by atoms with E-state index in [4.69, 9.17) is 9.84 Å². The SMILES string of the molecule is CSc1ncc(C(=O)Nc2ccccc2)c(Oc2cccc(NC(=O)O)c2)n1. The second kappa shape index (κ2) is 8.87. The third-order valence-corrected chi connectivity index (χ3v) is 4.05. The van der Waals surface area contributed by atoms with Crippen molar-refractivity contribution >= 4 is 35.1 Å². The van der Waals surface area contributed by atoms with Gasteiger partial charge in [-0.25, -0.2) is 9.78 Å². The zero-order chi connectivity index (χ0) is 19.9. The van der Waals surface area contributed by atoms with Crippen molar-refractivity contribution in [1.29, 1.82) is 0 Å². The number of thioether (sulfide) groups is 1. The van der Waals surface area contributed by atoms with Crippen LogP contribution in [0.5, 0.6) is 11.6 Å².